The van der Waals surface area contributed by atoms with Crippen LogP contribution in [0.5, 0.6) is 0 Å². The number of nitrogens with zero attached hydrogens (tertiary/aromatic N) is 3. The molecular weight excluding hydrogens is 401 g/mol. The molecule has 0 bridgehead atoms. The van der Waals surface area contributed by atoms with E-state index in [4.69, 9.17) is 9.84 Å². The number of carbonyl (C=O) groups excluding carboxylic acids is 1. The third kappa shape index (κ3) is 4.50. The Hall–Kier alpha value is -2.71. The van der Waals surface area contributed by atoms with Crippen LogP contribution < -0.4 is 10.3 Å². The zero-order valence-corrected chi connectivity index (χ0v) is 17.6. The average molecular weight is 429 g/mol. The van der Waals surface area contributed by atoms with Crippen molar-refractivity contribution < 1.29 is 19.0 Å². The number of piperazine rings is 1. The first-order valence-corrected chi connectivity index (χ1v) is 10.8. The summed E-state index contributed by atoms with van der Waals surface area (Å²) in [4.78, 5) is 29.6. The topological polar surface area (TPSA) is 75.0 Å². The highest BCUT2D eigenvalue weighted by molar-refractivity contribution is 5.94. The molecule has 0 radical (unpaired) electrons. The predicted octanol–water partition coefficient (Wildman–Crippen LogP) is 2.32. The van der Waals surface area contributed by atoms with Gasteiger partial charge in [0.2, 0.25) is 5.43 Å². The Bertz CT molecular complexity index is 1040. The third-order valence-electron chi connectivity index (χ3n) is 5.94. The number of rotatable bonds is 8. The number of halogens is 1. The van der Waals surface area contributed by atoms with Gasteiger partial charge in [-0.1, -0.05) is 12.7 Å². The van der Waals surface area contributed by atoms with Crippen molar-refractivity contribution in [1.82, 2.24) is 9.47 Å². The molecule has 1 saturated heterocycles. The number of hydrogen-bond donors (Lipinski definition) is 1. The largest absolute Gasteiger partial charge is 0.458 e. The molecule has 1 aliphatic carbocycles. The van der Waals surface area contributed by atoms with Gasteiger partial charge in [-0.2, -0.15) is 0 Å². The molecule has 166 valence electrons. The molecule has 0 spiro atoms. The molecule has 1 aromatic carbocycles. The normalized spacial score (nSPS) is 17.2. The molecular formula is C23H28FN3O4. The Kier molecular flexibility index (Phi) is 6.38. The van der Waals surface area contributed by atoms with Crippen LogP contribution in [0.15, 0.2) is 35.8 Å². The summed E-state index contributed by atoms with van der Waals surface area (Å²) in [5.41, 5.74) is 0.531. The standard InChI is InChI=1S/C23H28FN3O4/c1-2-12-31-23(30)18-15-27(16-4-5-16)20-14-21(19(24)13-17(20)22(18)29)26-9-7-25(8-10-26)6-3-11-28/h2,13-16,28H,1,3-12H2. The van der Waals surface area contributed by atoms with Gasteiger partial charge in [-0.15, -0.1) is 0 Å². The molecule has 0 atom stereocenters. The Morgan fingerprint density at radius 1 is 1.26 bits per heavy atom. The Morgan fingerprint density at radius 2 is 2.00 bits per heavy atom. The number of aromatic nitrogens is 1. The highest BCUT2D eigenvalue weighted by Gasteiger charge is 2.29. The van der Waals surface area contributed by atoms with Crippen LogP contribution in [-0.2, 0) is 4.74 Å². The molecule has 1 saturated carbocycles. The van der Waals surface area contributed by atoms with Crippen LogP contribution in [0.3, 0.4) is 0 Å². The van der Waals surface area contributed by atoms with Gasteiger partial charge in [0.25, 0.3) is 0 Å². The van der Waals surface area contributed by atoms with E-state index in [-0.39, 0.29) is 30.2 Å². The van der Waals surface area contributed by atoms with E-state index in [1.165, 1.54) is 12.1 Å². The summed E-state index contributed by atoms with van der Waals surface area (Å²) in [5, 5.41) is 9.21. The number of fused-ring (bicyclic) bond motifs is 1. The van der Waals surface area contributed by atoms with Crippen molar-refractivity contribution in [1.29, 1.82) is 0 Å². The third-order valence-corrected chi connectivity index (χ3v) is 5.94. The van der Waals surface area contributed by atoms with Crippen LogP contribution in [0.1, 0.15) is 35.7 Å². The molecule has 2 aliphatic rings. The first kappa shape index (κ1) is 21.5. The fourth-order valence-electron chi connectivity index (χ4n) is 4.12. The molecule has 1 aliphatic heterocycles. The van der Waals surface area contributed by atoms with Gasteiger partial charge >= 0.3 is 5.97 Å². The smallest absolute Gasteiger partial charge is 0.343 e. The summed E-state index contributed by atoms with van der Waals surface area (Å²) in [6, 6.07) is 3.20. The molecule has 7 nitrogen and oxygen atoms in total. The highest BCUT2D eigenvalue weighted by atomic mass is 19.1. The van der Waals surface area contributed by atoms with Crippen molar-refractivity contribution in [2.45, 2.75) is 25.3 Å². The maximum Gasteiger partial charge on any atom is 0.343 e. The van der Waals surface area contributed by atoms with Gasteiger partial charge in [0.05, 0.1) is 11.2 Å². The van der Waals surface area contributed by atoms with Crippen LogP contribution in [0, 0.1) is 5.82 Å². The van der Waals surface area contributed by atoms with Crippen LogP contribution >= 0.6 is 0 Å². The van der Waals surface area contributed by atoms with Crippen LogP contribution in [0.25, 0.3) is 10.9 Å². The van der Waals surface area contributed by atoms with E-state index in [1.54, 1.807) is 12.3 Å². The fourth-order valence-corrected chi connectivity index (χ4v) is 4.12. The van der Waals surface area contributed by atoms with Crippen LogP contribution in [-0.4, -0.2) is 66.5 Å². The maximum atomic E-state index is 15.1. The molecule has 2 heterocycles. The zero-order chi connectivity index (χ0) is 22.0. The lowest BCUT2D eigenvalue weighted by molar-refractivity contribution is 0.0547. The van der Waals surface area contributed by atoms with Crippen molar-refractivity contribution in [3.05, 3.63) is 52.6 Å². The molecule has 8 heteroatoms. The first-order chi connectivity index (χ1) is 15.0. The number of esters is 1. The minimum Gasteiger partial charge on any atom is -0.458 e. The van der Waals surface area contributed by atoms with Crippen molar-refractivity contribution in [2.75, 3.05) is 50.8 Å². The summed E-state index contributed by atoms with van der Waals surface area (Å²) in [6.07, 6.45) is 5.64. The number of aliphatic hydroxyl groups is 1. The maximum absolute atomic E-state index is 15.1. The number of aliphatic hydroxyl groups excluding tert-OH is 1. The Balaban J connectivity index is 1.68. The predicted molar refractivity (Wildman–Crippen MR) is 117 cm³/mol. The fraction of sp³-hybridized carbons (Fsp3) is 0.478. The van der Waals surface area contributed by atoms with E-state index in [2.05, 4.69) is 11.5 Å². The van der Waals surface area contributed by atoms with Gasteiger partial charge < -0.3 is 19.3 Å². The first-order valence-electron chi connectivity index (χ1n) is 10.8. The van der Waals surface area contributed by atoms with Gasteiger partial charge in [0.15, 0.2) is 0 Å². The molecule has 2 fully saturated rings. The Labute approximate surface area is 180 Å². The minimum atomic E-state index is -0.718. The molecule has 0 unspecified atom stereocenters. The van der Waals surface area contributed by atoms with Gasteiger partial charge in [0.1, 0.15) is 18.0 Å². The van der Waals surface area contributed by atoms with Gasteiger partial charge in [-0.3, -0.25) is 9.69 Å². The van der Waals surface area contributed by atoms with Crippen LogP contribution in [0.4, 0.5) is 10.1 Å². The molecule has 1 N–H and O–H groups in total. The molecule has 1 aromatic heterocycles. The second-order valence-corrected chi connectivity index (χ2v) is 8.12. The summed E-state index contributed by atoms with van der Waals surface area (Å²) in [7, 11) is 0. The monoisotopic (exact) mass is 429 g/mol. The number of benzene rings is 1. The van der Waals surface area contributed by atoms with Crippen molar-refractivity contribution in [2.24, 2.45) is 0 Å². The summed E-state index contributed by atoms with van der Waals surface area (Å²) in [6.45, 7) is 7.45. The van der Waals surface area contributed by atoms with Crippen molar-refractivity contribution >= 4 is 22.6 Å². The summed E-state index contributed by atoms with van der Waals surface area (Å²) >= 11 is 0. The lowest BCUT2D eigenvalue weighted by atomic mass is 10.1. The quantitative estimate of drug-likeness (QED) is 0.513. The van der Waals surface area contributed by atoms with Crippen molar-refractivity contribution in [3.63, 3.8) is 0 Å². The van der Waals surface area contributed by atoms with E-state index in [0.717, 1.165) is 38.9 Å². The number of anilines is 1. The van der Waals surface area contributed by atoms with E-state index >= 15 is 4.39 Å². The SMILES string of the molecule is C=CCOC(=O)c1cn(C2CC2)c2cc(N3CCN(CCCO)CC3)c(F)cc2c1=O. The van der Waals surface area contributed by atoms with Gasteiger partial charge in [-0.05, 0) is 31.4 Å². The molecule has 4 rings (SSSR count). The minimum absolute atomic E-state index is 0.0112. The van der Waals surface area contributed by atoms with Crippen LogP contribution in [0.2, 0.25) is 0 Å². The van der Waals surface area contributed by atoms with E-state index in [0.29, 0.717) is 24.3 Å². The number of pyridine rings is 1. The lowest BCUT2D eigenvalue weighted by Gasteiger charge is -2.36. The molecule has 0 amide bonds. The average Bonchev–Trinajstić information content (AvgIpc) is 3.62. The zero-order valence-electron chi connectivity index (χ0n) is 17.6. The molecule has 31 heavy (non-hydrogen) atoms. The summed E-state index contributed by atoms with van der Waals surface area (Å²) in [5.74, 6) is -1.18. The lowest BCUT2D eigenvalue weighted by Crippen LogP contribution is -2.47. The number of ether oxygens (including phenoxy) is 1. The highest BCUT2D eigenvalue weighted by Crippen LogP contribution is 2.38. The number of carbonyl (C=O) groups is 1. The van der Waals surface area contributed by atoms with E-state index in [1.807, 2.05) is 9.47 Å². The van der Waals surface area contributed by atoms with Crippen molar-refractivity contribution in [3.8, 4) is 0 Å². The number of hydrogen-bond acceptors (Lipinski definition) is 6. The van der Waals surface area contributed by atoms with E-state index in [9.17, 15) is 9.59 Å². The Morgan fingerprint density at radius 3 is 2.65 bits per heavy atom. The second kappa shape index (κ2) is 9.20. The van der Waals surface area contributed by atoms with Gasteiger partial charge in [-0.25, -0.2) is 9.18 Å². The van der Waals surface area contributed by atoms with E-state index < -0.39 is 17.2 Å². The van der Waals surface area contributed by atoms with Gasteiger partial charge in [0, 0.05) is 57.0 Å². The molecule has 2 aromatic rings. The second-order valence-electron chi connectivity index (χ2n) is 8.12. The summed E-state index contributed by atoms with van der Waals surface area (Å²) < 4.78 is 22.1.